The van der Waals surface area contributed by atoms with Crippen LogP contribution >= 0.6 is 0 Å². The molecule has 2 fully saturated rings. The highest BCUT2D eigenvalue weighted by atomic mass is 16.2. The van der Waals surface area contributed by atoms with E-state index in [9.17, 15) is 9.59 Å². The summed E-state index contributed by atoms with van der Waals surface area (Å²) in [5, 5.41) is 3.06. The summed E-state index contributed by atoms with van der Waals surface area (Å²) < 4.78 is 0. The predicted molar refractivity (Wildman–Crippen MR) is 111 cm³/mol. The van der Waals surface area contributed by atoms with E-state index < -0.39 is 0 Å². The summed E-state index contributed by atoms with van der Waals surface area (Å²) in [7, 11) is 0. The standard InChI is InChI=1S/C23H33N3O2/c27-22(24-21-9-8-18-6-5-7-20(18)16-21)17-25-14-10-19(11-15-25)23(28)26-12-3-1-2-4-13-26/h8-9,16,19H,1-7,10-15,17H2,(H,24,27). The van der Waals surface area contributed by atoms with E-state index >= 15 is 0 Å². The van der Waals surface area contributed by atoms with Gasteiger partial charge in [0.25, 0.3) is 0 Å². The third-order valence-corrected chi connectivity index (χ3v) is 6.60. The molecule has 1 N–H and O–H groups in total. The SMILES string of the molecule is O=C(CN1CCC(C(=O)N2CCCCCC2)CC1)Nc1ccc2c(c1)CCC2. The molecule has 2 amide bonds. The van der Waals surface area contributed by atoms with Gasteiger partial charge in [0.05, 0.1) is 6.54 Å². The number of hydrogen-bond donors (Lipinski definition) is 1. The third-order valence-electron chi connectivity index (χ3n) is 6.60. The monoisotopic (exact) mass is 383 g/mol. The van der Waals surface area contributed by atoms with Crippen LogP contribution in [0.2, 0.25) is 0 Å². The van der Waals surface area contributed by atoms with Gasteiger partial charge in [-0.2, -0.15) is 0 Å². The van der Waals surface area contributed by atoms with Gasteiger partial charge in [-0.3, -0.25) is 14.5 Å². The number of hydrogen-bond acceptors (Lipinski definition) is 3. The maximum atomic E-state index is 12.8. The second-order valence-electron chi connectivity index (χ2n) is 8.68. The minimum atomic E-state index is 0.0511. The molecule has 1 aromatic rings. The average Bonchev–Trinajstić information content (AvgIpc) is 2.99. The Morgan fingerprint density at radius 2 is 1.61 bits per heavy atom. The minimum Gasteiger partial charge on any atom is -0.342 e. The lowest BCUT2D eigenvalue weighted by Gasteiger charge is -2.33. The van der Waals surface area contributed by atoms with Crippen LogP contribution in [0.3, 0.4) is 0 Å². The van der Waals surface area contributed by atoms with Crippen LogP contribution in [0.25, 0.3) is 0 Å². The van der Waals surface area contributed by atoms with Gasteiger partial charge in [0.2, 0.25) is 11.8 Å². The summed E-state index contributed by atoms with van der Waals surface area (Å²) in [6.45, 7) is 3.95. The summed E-state index contributed by atoms with van der Waals surface area (Å²) in [5.41, 5.74) is 3.72. The Morgan fingerprint density at radius 1 is 0.893 bits per heavy atom. The van der Waals surface area contributed by atoms with Gasteiger partial charge in [-0.1, -0.05) is 18.9 Å². The first kappa shape index (κ1) is 19.4. The van der Waals surface area contributed by atoms with Crippen LogP contribution in [0.5, 0.6) is 0 Å². The van der Waals surface area contributed by atoms with Gasteiger partial charge in [0, 0.05) is 24.7 Å². The molecule has 5 heteroatoms. The van der Waals surface area contributed by atoms with Crippen molar-refractivity contribution in [2.75, 3.05) is 38.0 Å². The van der Waals surface area contributed by atoms with Crippen molar-refractivity contribution in [3.8, 4) is 0 Å². The number of amides is 2. The fraction of sp³-hybridized carbons (Fsp3) is 0.652. The number of carbonyl (C=O) groups is 2. The van der Waals surface area contributed by atoms with Crippen molar-refractivity contribution in [1.29, 1.82) is 0 Å². The van der Waals surface area contributed by atoms with E-state index in [2.05, 4.69) is 27.2 Å². The molecular formula is C23H33N3O2. The second kappa shape index (κ2) is 9.08. The third kappa shape index (κ3) is 4.75. The topological polar surface area (TPSA) is 52.7 Å². The number of fused-ring (bicyclic) bond motifs is 1. The number of aryl methyl sites for hydroxylation is 2. The molecular weight excluding hydrogens is 350 g/mol. The number of piperidine rings is 1. The molecule has 2 saturated heterocycles. The first-order valence-electron chi connectivity index (χ1n) is 11.1. The van der Waals surface area contributed by atoms with Gasteiger partial charge in [0.1, 0.15) is 0 Å². The number of rotatable bonds is 4. The highest BCUT2D eigenvalue weighted by molar-refractivity contribution is 5.92. The van der Waals surface area contributed by atoms with Gasteiger partial charge in [-0.15, -0.1) is 0 Å². The molecule has 2 heterocycles. The summed E-state index contributed by atoms with van der Waals surface area (Å²) in [6, 6.07) is 6.30. The second-order valence-corrected chi connectivity index (χ2v) is 8.68. The zero-order valence-electron chi connectivity index (χ0n) is 16.9. The van der Waals surface area contributed by atoms with Crippen molar-refractivity contribution in [2.24, 2.45) is 5.92 Å². The maximum absolute atomic E-state index is 12.8. The van der Waals surface area contributed by atoms with Crippen LogP contribution in [0.1, 0.15) is 56.1 Å². The zero-order chi connectivity index (χ0) is 19.3. The molecule has 0 aromatic heterocycles. The van der Waals surface area contributed by atoms with Crippen molar-refractivity contribution in [3.63, 3.8) is 0 Å². The fourth-order valence-corrected chi connectivity index (χ4v) is 4.94. The van der Waals surface area contributed by atoms with Crippen LogP contribution in [-0.2, 0) is 22.4 Å². The van der Waals surface area contributed by atoms with E-state index in [0.29, 0.717) is 12.5 Å². The number of anilines is 1. The average molecular weight is 384 g/mol. The zero-order valence-corrected chi connectivity index (χ0v) is 16.9. The molecule has 152 valence electrons. The summed E-state index contributed by atoms with van der Waals surface area (Å²) >= 11 is 0. The highest BCUT2D eigenvalue weighted by Gasteiger charge is 2.29. The molecule has 4 rings (SSSR count). The smallest absolute Gasteiger partial charge is 0.238 e. The Labute approximate surface area is 168 Å². The minimum absolute atomic E-state index is 0.0511. The van der Waals surface area contributed by atoms with Crippen LogP contribution in [0, 0.1) is 5.92 Å². The van der Waals surface area contributed by atoms with E-state index in [1.165, 1.54) is 30.4 Å². The molecule has 0 atom stereocenters. The number of carbonyl (C=O) groups excluding carboxylic acids is 2. The Hall–Kier alpha value is -1.88. The number of benzene rings is 1. The molecule has 1 aromatic carbocycles. The van der Waals surface area contributed by atoms with E-state index in [1.54, 1.807) is 0 Å². The molecule has 5 nitrogen and oxygen atoms in total. The summed E-state index contributed by atoms with van der Waals surface area (Å²) in [5.74, 6) is 0.550. The summed E-state index contributed by atoms with van der Waals surface area (Å²) in [4.78, 5) is 29.5. The van der Waals surface area contributed by atoms with Crippen molar-refractivity contribution in [1.82, 2.24) is 9.80 Å². The Bertz CT molecular complexity index is 702. The number of nitrogens with one attached hydrogen (secondary N) is 1. The van der Waals surface area contributed by atoms with Crippen LogP contribution in [0.4, 0.5) is 5.69 Å². The Balaban J connectivity index is 1.22. The Kier molecular flexibility index (Phi) is 6.30. The van der Waals surface area contributed by atoms with E-state index in [-0.39, 0.29) is 11.8 Å². The molecule has 3 aliphatic rings. The lowest BCUT2D eigenvalue weighted by molar-refractivity contribution is -0.137. The quantitative estimate of drug-likeness (QED) is 0.868. The van der Waals surface area contributed by atoms with E-state index in [1.807, 2.05) is 6.07 Å². The van der Waals surface area contributed by atoms with Gasteiger partial charge >= 0.3 is 0 Å². The molecule has 2 aliphatic heterocycles. The van der Waals surface area contributed by atoms with Crippen molar-refractivity contribution in [2.45, 2.75) is 57.8 Å². The lowest BCUT2D eigenvalue weighted by Crippen LogP contribution is -2.44. The number of nitrogens with zero attached hydrogens (tertiary/aromatic N) is 2. The fourth-order valence-electron chi connectivity index (χ4n) is 4.94. The molecule has 0 radical (unpaired) electrons. The van der Waals surface area contributed by atoms with Crippen molar-refractivity contribution in [3.05, 3.63) is 29.3 Å². The van der Waals surface area contributed by atoms with E-state index in [0.717, 1.165) is 70.4 Å². The molecule has 28 heavy (non-hydrogen) atoms. The largest absolute Gasteiger partial charge is 0.342 e. The Morgan fingerprint density at radius 3 is 2.36 bits per heavy atom. The predicted octanol–water partition coefficient (Wildman–Crippen LogP) is 3.23. The van der Waals surface area contributed by atoms with Crippen LogP contribution in [-0.4, -0.2) is 54.3 Å². The van der Waals surface area contributed by atoms with Gasteiger partial charge < -0.3 is 10.2 Å². The molecule has 0 saturated carbocycles. The van der Waals surface area contributed by atoms with Gasteiger partial charge in [0.15, 0.2) is 0 Å². The lowest BCUT2D eigenvalue weighted by atomic mass is 9.95. The highest BCUT2D eigenvalue weighted by Crippen LogP contribution is 2.25. The van der Waals surface area contributed by atoms with Crippen LogP contribution in [0.15, 0.2) is 18.2 Å². The summed E-state index contributed by atoms with van der Waals surface area (Å²) in [6.07, 6.45) is 10.1. The molecule has 0 bridgehead atoms. The number of likely N-dealkylation sites (tertiary alicyclic amines) is 2. The van der Waals surface area contributed by atoms with Crippen molar-refractivity contribution >= 4 is 17.5 Å². The molecule has 1 aliphatic carbocycles. The molecule has 0 unspecified atom stereocenters. The molecule has 0 spiro atoms. The van der Waals surface area contributed by atoms with Gasteiger partial charge in [-0.05, 0) is 81.3 Å². The van der Waals surface area contributed by atoms with Crippen molar-refractivity contribution < 1.29 is 9.59 Å². The van der Waals surface area contributed by atoms with E-state index in [4.69, 9.17) is 0 Å². The van der Waals surface area contributed by atoms with Gasteiger partial charge in [-0.25, -0.2) is 0 Å². The van der Waals surface area contributed by atoms with Crippen LogP contribution < -0.4 is 5.32 Å². The first-order valence-corrected chi connectivity index (χ1v) is 11.1. The first-order chi connectivity index (χ1) is 13.7. The normalized spacial score (nSPS) is 21.2. The maximum Gasteiger partial charge on any atom is 0.238 e.